The Hall–Kier alpha value is -1.32. The maximum absolute atomic E-state index is 13.4. The maximum Gasteiger partial charge on any atom is 0.137 e. The van der Waals surface area contributed by atoms with Crippen LogP contribution in [-0.2, 0) is 0 Å². The first kappa shape index (κ1) is 12.1. The Morgan fingerprint density at radius 3 is 2.29 bits per heavy atom. The van der Waals surface area contributed by atoms with Crippen LogP contribution in [0.2, 0.25) is 0 Å². The molecule has 0 unspecified atom stereocenters. The normalized spacial score (nSPS) is 12.4. The average molecular weight is 248 g/mol. The Balaban J connectivity index is 2.17. The zero-order valence-electron chi connectivity index (χ0n) is 9.43. The van der Waals surface area contributed by atoms with Gasteiger partial charge in [-0.1, -0.05) is 36.0 Å². The molecule has 0 spiro atoms. The van der Waals surface area contributed by atoms with E-state index in [4.69, 9.17) is 0 Å². The lowest BCUT2D eigenvalue weighted by Crippen LogP contribution is -1.89. The second-order valence-electron chi connectivity index (χ2n) is 3.78. The van der Waals surface area contributed by atoms with Crippen LogP contribution in [-0.4, -0.2) is 5.11 Å². The summed E-state index contributed by atoms with van der Waals surface area (Å²) in [7, 11) is 0. The minimum absolute atomic E-state index is 0.211. The minimum Gasteiger partial charge on any atom is -0.389 e. The summed E-state index contributed by atoms with van der Waals surface area (Å²) in [5.74, 6) is -0.211. The van der Waals surface area contributed by atoms with Crippen LogP contribution in [0.1, 0.15) is 18.6 Å². The number of aliphatic hydroxyl groups excluding tert-OH is 1. The summed E-state index contributed by atoms with van der Waals surface area (Å²) in [4.78, 5) is 1.57. The van der Waals surface area contributed by atoms with Crippen LogP contribution in [0, 0.1) is 5.82 Å². The molecule has 0 saturated carbocycles. The van der Waals surface area contributed by atoms with Crippen LogP contribution in [0.5, 0.6) is 0 Å². The monoisotopic (exact) mass is 248 g/mol. The second-order valence-corrected chi connectivity index (χ2v) is 4.89. The fourth-order valence-corrected chi connectivity index (χ4v) is 2.31. The molecule has 0 fully saturated rings. The van der Waals surface area contributed by atoms with E-state index in [9.17, 15) is 9.50 Å². The molecule has 2 aromatic rings. The average Bonchev–Trinajstić information content (AvgIpc) is 2.33. The molecule has 0 heterocycles. The van der Waals surface area contributed by atoms with Gasteiger partial charge < -0.3 is 5.11 Å². The molecule has 1 nitrogen and oxygen atoms in total. The van der Waals surface area contributed by atoms with E-state index in [0.717, 1.165) is 10.5 Å². The van der Waals surface area contributed by atoms with Crippen molar-refractivity contribution in [2.45, 2.75) is 22.8 Å². The molecular formula is C14H13FOS. The van der Waals surface area contributed by atoms with Gasteiger partial charge in [0.1, 0.15) is 5.82 Å². The number of aliphatic hydroxyl groups is 1. The predicted octanol–water partition coefficient (Wildman–Crippen LogP) is 4.03. The molecule has 2 rings (SSSR count). The van der Waals surface area contributed by atoms with Gasteiger partial charge in [0.05, 0.1) is 6.10 Å². The smallest absolute Gasteiger partial charge is 0.137 e. The summed E-state index contributed by atoms with van der Waals surface area (Å²) in [5, 5.41) is 9.38. The Bertz CT molecular complexity index is 494. The molecule has 0 aliphatic carbocycles. The van der Waals surface area contributed by atoms with Crippen LogP contribution in [0.4, 0.5) is 4.39 Å². The number of hydrogen-bond acceptors (Lipinski definition) is 2. The Morgan fingerprint density at radius 1 is 1.06 bits per heavy atom. The highest BCUT2D eigenvalue weighted by Crippen LogP contribution is 2.30. The molecule has 0 bridgehead atoms. The highest BCUT2D eigenvalue weighted by Gasteiger charge is 2.04. The van der Waals surface area contributed by atoms with Gasteiger partial charge in [-0.2, -0.15) is 0 Å². The third-order valence-corrected chi connectivity index (χ3v) is 3.49. The van der Waals surface area contributed by atoms with E-state index < -0.39 is 6.10 Å². The van der Waals surface area contributed by atoms with Crippen molar-refractivity contribution in [3.8, 4) is 0 Å². The van der Waals surface area contributed by atoms with E-state index in [1.165, 1.54) is 17.8 Å². The van der Waals surface area contributed by atoms with Crippen LogP contribution < -0.4 is 0 Å². The van der Waals surface area contributed by atoms with Crippen molar-refractivity contribution in [3.63, 3.8) is 0 Å². The van der Waals surface area contributed by atoms with Gasteiger partial charge in [0, 0.05) is 9.79 Å². The maximum atomic E-state index is 13.4. The van der Waals surface area contributed by atoms with Gasteiger partial charge in [0.15, 0.2) is 0 Å². The standard InChI is InChI=1S/C14H13FOS/c1-10(16)11-6-8-12(9-7-11)17-14-5-3-2-4-13(14)15/h2-10,16H,1H3/t10-/m0/s1. The summed E-state index contributed by atoms with van der Waals surface area (Å²) in [6.07, 6.45) is -0.470. The summed E-state index contributed by atoms with van der Waals surface area (Å²) < 4.78 is 13.4. The predicted molar refractivity (Wildman–Crippen MR) is 67.6 cm³/mol. The van der Waals surface area contributed by atoms with E-state index >= 15 is 0 Å². The third kappa shape index (κ3) is 3.08. The van der Waals surface area contributed by atoms with Crippen LogP contribution in [0.3, 0.4) is 0 Å². The fourth-order valence-electron chi connectivity index (χ4n) is 1.47. The molecule has 88 valence electrons. The summed E-state index contributed by atoms with van der Waals surface area (Å²) >= 11 is 1.38. The number of benzene rings is 2. The van der Waals surface area contributed by atoms with E-state index in [0.29, 0.717) is 4.90 Å². The van der Waals surface area contributed by atoms with Crippen molar-refractivity contribution >= 4 is 11.8 Å². The molecule has 0 radical (unpaired) electrons. The SMILES string of the molecule is C[C@H](O)c1ccc(Sc2ccccc2F)cc1. The molecule has 1 N–H and O–H groups in total. The van der Waals surface area contributed by atoms with Crippen molar-refractivity contribution in [1.29, 1.82) is 0 Å². The van der Waals surface area contributed by atoms with Crippen molar-refractivity contribution < 1.29 is 9.50 Å². The van der Waals surface area contributed by atoms with Gasteiger partial charge in [-0.05, 0) is 36.8 Å². The Labute approximate surface area is 104 Å². The van der Waals surface area contributed by atoms with E-state index in [1.54, 1.807) is 19.1 Å². The molecule has 17 heavy (non-hydrogen) atoms. The van der Waals surface area contributed by atoms with Gasteiger partial charge in [0.2, 0.25) is 0 Å². The van der Waals surface area contributed by atoms with Gasteiger partial charge in [-0.3, -0.25) is 0 Å². The zero-order chi connectivity index (χ0) is 12.3. The van der Waals surface area contributed by atoms with Crippen molar-refractivity contribution in [2.75, 3.05) is 0 Å². The largest absolute Gasteiger partial charge is 0.389 e. The highest BCUT2D eigenvalue weighted by molar-refractivity contribution is 7.99. The lowest BCUT2D eigenvalue weighted by molar-refractivity contribution is 0.199. The molecule has 1 atom stereocenters. The van der Waals surface area contributed by atoms with E-state index in [-0.39, 0.29) is 5.82 Å². The van der Waals surface area contributed by atoms with Gasteiger partial charge in [-0.15, -0.1) is 0 Å². The lowest BCUT2D eigenvalue weighted by atomic mass is 10.1. The van der Waals surface area contributed by atoms with Crippen LogP contribution in [0.25, 0.3) is 0 Å². The van der Waals surface area contributed by atoms with Gasteiger partial charge in [0.25, 0.3) is 0 Å². The minimum atomic E-state index is -0.470. The zero-order valence-corrected chi connectivity index (χ0v) is 10.2. The fraction of sp³-hybridized carbons (Fsp3) is 0.143. The van der Waals surface area contributed by atoms with E-state index in [1.807, 2.05) is 30.3 Å². The van der Waals surface area contributed by atoms with Crippen molar-refractivity contribution in [3.05, 3.63) is 59.9 Å². The number of rotatable bonds is 3. The summed E-state index contributed by atoms with van der Waals surface area (Å²) in [6, 6.07) is 14.2. The molecule has 3 heteroatoms. The number of hydrogen-bond donors (Lipinski definition) is 1. The van der Waals surface area contributed by atoms with Gasteiger partial charge >= 0.3 is 0 Å². The molecule has 0 aliphatic rings. The van der Waals surface area contributed by atoms with Crippen molar-refractivity contribution in [2.24, 2.45) is 0 Å². The molecule has 0 saturated heterocycles. The first-order valence-electron chi connectivity index (χ1n) is 5.37. The second kappa shape index (κ2) is 5.34. The van der Waals surface area contributed by atoms with Gasteiger partial charge in [-0.25, -0.2) is 4.39 Å². The Morgan fingerprint density at radius 2 is 1.71 bits per heavy atom. The molecule has 0 amide bonds. The summed E-state index contributed by atoms with van der Waals surface area (Å²) in [6.45, 7) is 1.72. The van der Waals surface area contributed by atoms with E-state index in [2.05, 4.69) is 0 Å². The number of halogens is 1. The molecule has 0 aromatic heterocycles. The molecule has 0 aliphatic heterocycles. The third-order valence-electron chi connectivity index (χ3n) is 2.43. The van der Waals surface area contributed by atoms with Crippen LogP contribution >= 0.6 is 11.8 Å². The Kier molecular flexibility index (Phi) is 3.82. The van der Waals surface area contributed by atoms with Crippen LogP contribution in [0.15, 0.2) is 58.3 Å². The molecular weight excluding hydrogens is 235 g/mol. The van der Waals surface area contributed by atoms with Crippen molar-refractivity contribution in [1.82, 2.24) is 0 Å². The molecule has 2 aromatic carbocycles. The quantitative estimate of drug-likeness (QED) is 0.885. The lowest BCUT2D eigenvalue weighted by Gasteiger charge is -2.06. The highest BCUT2D eigenvalue weighted by atomic mass is 32.2. The topological polar surface area (TPSA) is 20.2 Å². The first-order valence-corrected chi connectivity index (χ1v) is 6.19. The first-order chi connectivity index (χ1) is 8.16. The summed E-state index contributed by atoms with van der Waals surface area (Å²) in [5.41, 5.74) is 0.864.